The second-order valence-electron chi connectivity index (χ2n) is 8.58. The van der Waals surface area contributed by atoms with Gasteiger partial charge in [0.05, 0.1) is 28.8 Å². The molecule has 30 heavy (non-hydrogen) atoms. The van der Waals surface area contributed by atoms with Crippen LogP contribution in [0.4, 0.5) is 4.39 Å². The minimum Gasteiger partial charge on any atom is -0.351 e. The van der Waals surface area contributed by atoms with Crippen molar-refractivity contribution in [1.82, 2.24) is 9.88 Å². The number of hydrogen-bond donors (Lipinski definition) is 2. The van der Waals surface area contributed by atoms with E-state index in [4.69, 9.17) is 0 Å². The number of carbonyl (C=O) groups excluding carboxylic acids is 1. The van der Waals surface area contributed by atoms with Gasteiger partial charge >= 0.3 is 0 Å². The predicted octanol–water partition coefficient (Wildman–Crippen LogP) is 3.86. The van der Waals surface area contributed by atoms with Gasteiger partial charge in [-0.25, -0.2) is 4.39 Å². The van der Waals surface area contributed by atoms with Crippen LogP contribution < -0.4 is 10.2 Å². The molecule has 1 amide bonds. The third kappa shape index (κ3) is 4.60. The summed E-state index contributed by atoms with van der Waals surface area (Å²) in [6.45, 7) is 7.04. The average Bonchev–Trinajstić information content (AvgIpc) is 3.31. The normalized spacial score (nSPS) is 21.8. The predicted molar refractivity (Wildman–Crippen MR) is 121 cm³/mol. The molecule has 0 aliphatic carbocycles. The van der Waals surface area contributed by atoms with Crippen LogP contribution in [0.15, 0.2) is 41.8 Å². The topological polar surface area (TPSA) is 38.5 Å². The van der Waals surface area contributed by atoms with Gasteiger partial charge in [0.1, 0.15) is 11.5 Å². The molecule has 1 aliphatic heterocycles. The Hall–Kier alpha value is -2.18. The molecule has 0 spiro atoms. The van der Waals surface area contributed by atoms with Crippen LogP contribution >= 0.6 is 11.3 Å². The molecule has 1 unspecified atom stereocenters. The van der Waals surface area contributed by atoms with E-state index in [1.54, 1.807) is 28.4 Å². The van der Waals surface area contributed by atoms with Crippen LogP contribution in [-0.4, -0.2) is 35.6 Å². The summed E-state index contributed by atoms with van der Waals surface area (Å²) in [6, 6.07) is 11.9. The number of halogens is 1. The summed E-state index contributed by atoms with van der Waals surface area (Å²) in [4.78, 5) is 14.6. The van der Waals surface area contributed by atoms with Gasteiger partial charge in [-0.3, -0.25) is 4.79 Å². The zero-order valence-electron chi connectivity index (χ0n) is 17.8. The highest BCUT2D eigenvalue weighted by atomic mass is 32.1. The first-order valence-electron chi connectivity index (χ1n) is 11.0. The average molecular weight is 429 g/mol. The van der Waals surface area contributed by atoms with E-state index in [1.165, 1.54) is 31.4 Å². The number of piperidine rings is 1. The molecule has 0 saturated carbocycles. The van der Waals surface area contributed by atoms with Gasteiger partial charge in [-0.2, -0.15) is 0 Å². The quantitative estimate of drug-likeness (QED) is 0.551. The Bertz CT molecular complexity index is 984. The highest BCUT2D eigenvalue weighted by Crippen LogP contribution is 2.26. The zero-order chi connectivity index (χ0) is 21.1. The summed E-state index contributed by atoms with van der Waals surface area (Å²) in [5.74, 6) is -0.278. The van der Waals surface area contributed by atoms with Crippen molar-refractivity contribution >= 4 is 27.5 Å². The highest BCUT2D eigenvalue weighted by molar-refractivity contribution is 7.17. The van der Waals surface area contributed by atoms with Crippen LogP contribution in [0, 0.1) is 5.82 Å². The van der Waals surface area contributed by atoms with E-state index < -0.39 is 0 Å². The summed E-state index contributed by atoms with van der Waals surface area (Å²) in [7, 11) is 0. The number of nitrogens with one attached hydrogen (secondary N) is 2. The van der Waals surface area contributed by atoms with E-state index in [2.05, 4.69) is 19.2 Å². The first kappa shape index (κ1) is 21.1. The molecule has 2 aromatic heterocycles. The van der Waals surface area contributed by atoms with Crippen LogP contribution in [-0.2, 0) is 6.54 Å². The SMILES string of the molecule is C[C@@H]1CCC[C@H](C)[NH+]1CCCNC(=O)c1cc2sccc2n1Cc1ccc(F)cc1. The fourth-order valence-electron chi connectivity index (χ4n) is 4.77. The number of aromatic nitrogens is 1. The van der Waals surface area contributed by atoms with Crippen LogP contribution in [0.2, 0.25) is 0 Å². The largest absolute Gasteiger partial charge is 0.351 e. The molecule has 1 fully saturated rings. The Morgan fingerprint density at radius 2 is 1.93 bits per heavy atom. The fourth-order valence-corrected chi connectivity index (χ4v) is 5.59. The molecule has 3 heterocycles. The number of carbonyl (C=O) groups is 1. The number of thiophene rings is 1. The molecular formula is C24H31FN3OS+. The highest BCUT2D eigenvalue weighted by Gasteiger charge is 2.27. The van der Waals surface area contributed by atoms with E-state index in [1.807, 2.05) is 22.1 Å². The molecule has 4 nitrogen and oxygen atoms in total. The van der Waals surface area contributed by atoms with Gasteiger partial charge in [0.2, 0.25) is 0 Å². The Labute approximate surface area is 181 Å². The van der Waals surface area contributed by atoms with Gasteiger partial charge < -0.3 is 14.8 Å². The smallest absolute Gasteiger partial charge is 0.267 e. The molecule has 1 saturated heterocycles. The molecule has 1 aliphatic rings. The molecule has 3 atom stereocenters. The minimum absolute atomic E-state index is 0.0322. The fraction of sp³-hybridized carbons (Fsp3) is 0.458. The standard InChI is InChI=1S/C24H30FN3OS/c1-17-5-3-6-18(2)27(17)13-4-12-26-24(29)22-15-23-21(11-14-30-23)28(22)16-19-7-9-20(25)10-8-19/h7-11,14-15,17-18H,3-6,12-13,16H2,1-2H3,(H,26,29)/p+1/t17-,18+. The number of rotatable bonds is 7. The molecule has 3 aromatic rings. The number of likely N-dealkylation sites (tertiary alicyclic amines) is 1. The van der Waals surface area contributed by atoms with E-state index >= 15 is 0 Å². The van der Waals surface area contributed by atoms with E-state index in [-0.39, 0.29) is 11.7 Å². The van der Waals surface area contributed by atoms with Crippen LogP contribution in [0.25, 0.3) is 10.2 Å². The van der Waals surface area contributed by atoms with E-state index in [0.29, 0.717) is 30.9 Å². The van der Waals surface area contributed by atoms with Crippen molar-refractivity contribution in [3.05, 3.63) is 58.9 Å². The maximum absolute atomic E-state index is 13.3. The molecule has 2 N–H and O–H groups in total. The number of quaternary nitrogens is 1. The lowest BCUT2D eigenvalue weighted by atomic mass is 9.97. The van der Waals surface area contributed by atoms with Gasteiger partial charge in [-0.05, 0) is 68.3 Å². The van der Waals surface area contributed by atoms with Gasteiger partial charge in [-0.15, -0.1) is 11.3 Å². The van der Waals surface area contributed by atoms with Crippen molar-refractivity contribution in [3.8, 4) is 0 Å². The van der Waals surface area contributed by atoms with Gasteiger partial charge in [0.25, 0.3) is 5.91 Å². The van der Waals surface area contributed by atoms with E-state index in [9.17, 15) is 9.18 Å². The molecule has 6 heteroatoms. The zero-order valence-corrected chi connectivity index (χ0v) is 18.6. The van der Waals surface area contributed by atoms with Crippen molar-refractivity contribution in [1.29, 1.82) is 0 Å². The van der Waals surface area contributed by atoms with Crippen molar-refractivity contribution in [3.63, 3.8) is 0 Å². The molecule has 0 bridgehead atoms. The lowest BCUT2D eigenvalue weighted by Crippen LogP contribution is -3.19. The van der Waals surface area contributed by atoms with Crippen LogP contribution in [0.5, 0.6) is 0 Å². The summed E-state index contributed by atoms with van der Waals surface area (Å²) in [5.41, 5.74) is 2.70. The monoisotopic (exact) mass is 428 g/mol. The third-order valence-corrected chi connectivity index (χ3v) is 7.33. The maximum atomic E-state index is 13.3. The summed E-state index contributed by atoms with van der Waals surface area (Å²) < 4.78 is 16.4. The van der Waals surface area contributed by atoms with Crippen molar-refractivity contribution in [2.45, 2.75) is 58.2 Å². The second-order valence-corrected chi connectivity index (χ2v) is 9.53. The van der Waals surface area contributed by atoms with Crippen LogP contribution in [0.1, 0.15) is 55.6 Å². The summed E-state index contributed by atoms with van der Waals surface area (Å²) >= 11 is 1.64. The maximum Gasteiger partial charge on any atom is 0.267 e. The Balaban J connectivity index is 1.40. The number of nitrogens with zero attached hydrogens (tertiary/aromatic N) is 1. The number of hydrogen-bond acceptors (Lipinski definition) is 2. The van der Waals surface area contributed by atoms with Crippen molar-refractivity contribution in [2.75, 3.05) is 13.1 Å². The summed E-state index contributed by atoms with van der Waals surface area (Å²) in [6.07, 6.45) is 4.94. The minimum atomic E-state index is -0.246. The Morgan fingerprint density at radius 1 is 1.20 bits per heavy atom. The lowest BCUT2D eigenvalue weighted by molar-refractivity contribution is -0.951. The number of fused-ring (bicyclic) bond motifs is 1. The Morgan fingerprint density at radius 3 is 2.67 bits per heavy atom. The molecule has 4 rings (SSSR count). The van der Waals surface area contributed by atoms with E-state index in [0.717, 1.165) is 28.7 Å². The van der Waals surface area contributed by atoms with Crippen molar-refractivity contribution < 1.29 is 14.1 Å². The van der Waals surface area contributed by atoms with Gasteiger partial charge in [-0.1, -0.05) is 12.1 Å². The number of amides is 1. The first-order chi connectivity index (χ1) is 14.5. The second kappa shape index (κ2) is 9.31. The third-order valence-electron chi connectivity index (χ3n) is 6.48. The van der Waals surface area contributed by atoms with Gasteiger partial charge in [0, 0.05) is 19.5 Å². The molecule has 0 radical (unpaired) electrons. The lowest BCUT2D eigenvalue weighted by Gasteiger charge is -2.35. The number of benzene rings is 1. The van der Waals surface area contributed by atoms with Gasteiger partial charge in [0.15, 0.2) is 0 Å². The Kier molecular flexibility index (Phi) is 6.54. The first-order valence-corrected chi connectivity index (χ1v) is 11.9. The van der Waals surface area contributed by atoms with Crippen LogP contribution in [0.3, 0.4) is 0 Å². The molecule has 1 aromatic carbocycles. The molecule has 160 valence electrons. The summed E-state index contributed by atoms with van der Waals surface area (Å²) in [5, 5.41) is 5.16. The molecular weight excluding hydrogens is 397 g/mol. The van der Waals surface area contributed by atoms with Crippen molar-refractivity contribution in [2.24, 2.45) is 0 Å².